The Hall–Kier alpha value is -3.32. The number of halogens is 1. The zero-order chi connectivity index (χ0) is 21.6. The summed E-state index contributed by atoms with van der Waals surface area (Å²) < 4.78 is 13.6. The van der Waals surface area contributed by atoms with Crippen LogP contribution >= 0.6 is 11.3 Å². The Morgan fingerprint density at radius 3 is 2.65 bits per heavy atom. The fourth-order valence-corrected chi connectivity index (χ4v) is 4.52. The highest BCUT2D eigenvalue weighted by molar-refractivity contribution is 7.19. The summed E-state index contributed by atoms with van der Waals surface area (Å²) >= 11 is 1.65. The topological polar surface area (TPSA) is 66.9 Å². The molecule has 2 aromatic carbocycles. The van der Waals surface area contributed by atoms with Crippen molar-refractivity contribution in [1.29, 1.82) is 0 Å². The molecule has 0 spiro atoms. The van der Waals surface area contributed by atoms with Crippen LogP contribution in [0.5, 0.6) is 0 Å². The van der Waals surface area contributed by atoms with Crippen LogP contribution in [0.1, 0.15) is 23.3 Å². The summed E-state index contributed by atoms with van der Waals surface area (Å²) in [4.78, 5) is 23.1. The quantitative estimate of drug-likeness (QED) is 0.369. The van der Waals surface area contributed by atoms with Crippen molar-refractivity contribution < 1.29 is 9.18 Å². The number of benzene rings is 2. The molecule has 0 saturated heterocycles. The number of aryl methyl sites for hydroxylation is 1. The van der Waals surface area contributed by atoms with Gasteiger partial charge in [-0.25, -0.2) is 14.4 Å². The highest BCUT2D eigenvalue weighted by Gasteiger charge is 2.16. The highest BCUT2D eigenvalue weighted by Crippen LogP contribution is 2.40. The average molecular weight is 435 g/mol. The molecule has 0 fully saturated rings. The molecule has 2 aromatic heterocycles. The largest absolute Gasteiger partial charge is 0.369 e. The van der Waals surface area contributed by atoms with E-state index in [4.69, 9.17) is 0 Å². The first-order chi connectivity index (χ1) is 15.1. The van der Waals surface area contributed by atoms with Crippen molar-refractivity contribution in [1.82, 2.24) is 15.3 Å². The number of carbonyl (C=O) groups excluding carboxylic acids is 1. The third-order valence-electron chi connectivity index (χ3n) is 5.03. The molecular weight excluding hydrogens is 411 g/mol. The van der Waals surface area contributed by atoms with Crippen molar-refractivity contribution in [2.45, 2.75) is 26.3 Å². The summed E-state index contributed by atoms with van der Waals surface area (Å²) in [6.07, 6.45) is 2.55. The molecule has 0 radical (unpaired) electrons. The lowest BCUT2D eigenvalue weighted by Gasteiger charge is -2.09. The van der Waals surface area contributed by atoms with Crippen LogP contribution in [0.4, 0.5) is 10.2 Å². The molecule has 7 heteroatoms. The lowest BCUT2D eigenvalue weighted by atomic mass is 10.0. The second-order valence-corrected chi connectivity index (χ2v) is 8.40. The normalized spacial score (nSPS) is 10.9. The number of carbonyl (C=O) groups is 1. The van der Waals surface area contributed by atoms with Crippen LogP contribution in [0.25, 0.3) is 21.3 Å². The van der Waals surface area contributed by atoms with Crippen molar-refractivity contribution in [3.8, 4) is 11.1 Å². The van der Waals surface area contributed by atoms with E-state index in [9.17, 15) is 9.18 Å². The van der Waals surface area contributed by atoms with Gasteiger partial charge < -0.3 is 10.6 Å². The number of thiophene rings is 1. The lowest BCUT2D eigenvalue weighted by Crippen LogP contribution is -2.23. The molecule has 0 atom stereocenters. The second kappa shape index (κ2) is 9.66. The number of nitrogens with zero attached hydrogens (tertiary/aromatic N) is 2. The number of aromatic nitrogens is 2. The predicted octanol–water partition coefficient (Wildman–Crippen LogP) is 5.31. The van der Waals surface area contributed by atoms with Crippen molar-refractivity contribution in [3.63, 3.8) is 0 Å². The monoisotopic (exact) mass is 434 g/mol. The highest BCUT2D eigenvalue weighted by atomic mass is 32.1. The van der Waals surface area contributed by atoms with Gasteiger partial charge in [-0.3, -0.25) is 4.79 Å². The van der Waals surface area contributed by atoms with E-state index in [-0.39, 0.29) is 18.3 Å². The summed E-state index contributed by atoms with van der Waals surface area (Å²) in [5.74, 6) is 0.367. The van der Waals surface area contributed by atoms with Gasteiger partial charge in [0.05, 0.1) is 5.39 Å². The SMILES string of the molecule is Cc1sc2ncnc(NCCCC(=O)NCc3ccccc3F)c2c1-c1ccccc1. The van der Waals surface area contributed by atoms with E-state index in [1.165, 1.54) is 10.9 Å². The minimum Gasteiger partial charge on any atom is -0.369 e. The summed E-state index contributed by atoms with van der Waals surface area (Å²) in [7, 11) is 0. The molecule has 2 heterocycles. The van der Waals surface area contributed by atoms with E-state index < -0.39 is 0 Å². The summed E-state index contributed by atoms with van der Waals surface area (Å²) in [5.41, 5.74) is 2.77. The van der Waals surface area contributed by atoms with Crippen LogP contribution in [0.15, 0.2) is 60.9 Å². The van der Waals surface area contributed by atoms with E-state index in [0.717, 1.165) is 27.2 Å². The Morgan fingerprint density at radius 2 is 1.84 bits per heavy atom. The smallest absolute Gasteiger partial charge is 0.220 e. The fourth-order valence-electron chi connectivity index (χ4n) is 3.51. The molecule has 0 aliphatic rings. The first-order valence-corrected chi connectivity index (χ1v) is 11.0. The number of anilines is 1. The molecule has 0 aliphatic carbocycles. The Labute approximate surface area is 184 Å². The minimum absolute atomic E-state index is 0.103. The van der Waals surface area contributed by atoms with Crippen molar-refractivity contribution in [2.24, 2.45) is 0 Å². The predicted molar refractivity (Wildman–Crippen MR) is 124 cm³/mol. The molecular formula is C24H23FN4OS. The van der Waals surface area contributed by atoms with Gasteiger partial charge in [-0.1, -0.05) is 48.5 Å². The van der Waals surface area contributed by atoms with Crippen LogP contribution in [-0.4, -0.2) is 22.4 Å². The van der Waals surface area contributed by atoms with Gasteiger partial charge in [0.1, 0.15) is 22.8 Å². The van der Waals surface area contributed by atoms with Gasteiger partial charge in [0.15, 0.2) is 0 Å². The van der Waals surface area contributed by atoms with Crippen molar-refractivity contribution in [3.05, 3.63) is 77.2 Å². The van der Waals surface area contributed by atoms with E-state index in [2.05, 4.69) is 39.7 Å². The molecule has 2 N–H and O–H groups in total. The Bertz CT molecular complexity index is 1190. The molecule has 0 saturated carbocycles. The van der Waals surface area contributed by atoms with Gasteiger partial charge in [0.2, 0.25) is 5.91 Å². The van der Waals surface area contributed by atoms with Gasteiger partial charge in [0.25, 0.3) is 0 Å². The van der Waals surface area contributed by atoms with Crippen LogP contribution in [0, 0.1) is 12.7 Å². The number of amides is 1. The number of fused-ring (bicyclic) bond motifs is 1. The standard InChI is InChI=1S/C24H23FN4OS/c1-16-21(17-8-3-2-4-9-17)22-23(28-15-29-24(22)31-16)26-13-7-12-20(30)27-14-18-10-5-6-11-19(18)25/h2-6,8-11,15H,7,12-14H2,1H3,(H,27,30)(H,26,28,29). The van der Waals surface area contributed by atoms with E-state index >= 15 is 0 Å². The lowest BCUT2D eigenvalue weighted by molar-refractivity contribution is -0.121. The maximum Gasteiger partial charge on any atom is 0.220 e. The first kappa shape index (κ1) is 20.9. The molecule has 158 valence electrons. The van der Waals surface area contributed by atoms with Crippen molar-refractivity contribution >= 4 is 33.3 Å². The van der Waals surface area contributed by atoms with Gasteiger partial charge >= 0.3 is 0 Å². The van der Waals surface area contributed by atoms with Gasteiger partial charge in [-0.05, 0) is 25.0 Å². The van der Waals surface area contributed by atoms with Crippen LogP contribution in [0.3, 0.4) is 0 Å². The molecule has 0 bridgehead atoms. The Kier molecular flexibility index (Phi) is 6.52. The molecule has 0 unspecified atom stereocenters. The van der Waals surface area contributed by atoms with Gasteiger partial charge in [-0.15, -0.1) is 11.3 Å². The number of rotatable bonds is 8. The number of hydrogen-bond donors (Lipinski definition) is 2. The summed E-state index contributed by atoms with van der Waals surface area (Å²) in [5, 5.41) is 7.15. The maximum atomic E-state index is 13.6. The molecule has 4 aromatic rings. The zero-order valence-corrected chi connectivity index (χ0v) is 18.0. The molecule has 0 aliphatic heterocycles. The van der Waals surface area contributed by atoms with E-state index in [1.54, 1.807) is 35.9 Å². The van der Waals surface area contributed by atoms with E-state index in [1.807, 2.05) is 18.2 Å². The summed E-state index contributed by atoms with van der Waals surface area (Å²) in [6.45, 7) is 2.89. The van der Waals surface area contributed by atoms with Gasteiger partial charge in [-0.2, -0.15) is 0 Å². The minimum atomic E-state index is -0.308. The maximum absolute atomic E-state index is 13.6. The molecule has 31 heavy (non-hydrogen) atoms. The van der Waals surface area contributed by atoms with Crippen molar-refractivity contribution in [2.75, 3.05) is 11.9 Å². The first-order valence-electron chi connectivity index (χ1n) is 10.2. The Balaban J connectivity index is 1.37. The Morgan fingerprint density at radius 1 is 1.06 bits per heavy atom. The van der Waals surface area contributed by atoms with Crippen LogP contribution in [0.2, 0.25) is 0 Å². The van der Waals surface area contributed by atoms with Gasteiger partial charge in [0, 0.05) is 35.5 Å². The van der Waals surface area contributed by atoms with E-state index in [0.29, 0.717) is 24.9 Å². The molecule has 4 rings (SSSR count). The second-order valence-electron chi connectivity index (χ2n) is 7.20. The third kappa shape index (κ3) is 4.88. The molecule has 5 nitrogen and oxygen atoms in total. The average Bonchev–Trinajstić information content (AvgIpc) is 3.13. The van der Waals surface area contributed by atoms with Crippen LogP contribution in [-0.2, 0) is 11.3 Å². The molecule has 1 amide bonds. The fraction of sp³-hybridized carbons (Fsp3) is 0.208. The summed E-state index contributed by atoms with van der Waals surface area (Å²) in [6, 6.07) is 16.7. The number of nitrogens with one attached hydrogen (secondary N) is 2. The third-order valence-corrected chi connectivity index (χ3v) is 6.05. The van der Waals surface area contributed by atoms with Crippen LogP contribution < -0.4 is 10.6 Å². The zero-order valence-electron chi connectivity index (χ0n) is 17.2. The number of hydrogen-bond acceptors (Lipinski definition) is 5.